The first-order chi connectivity index (χ1) is 16.0. The van der Waals surface area contributed by atoms with E-state index in [0.29, 0.717) is 43.3 Å². The van der Waals surface area contributed by atoms with Gasteiger partial charge in [0.05, 0.1) is 11.8 Å². The average Bonchev–Trinajstić information content (AvgIpc) is 3.57. The summed E-state index contributed by atoms with van der Waals surface area (Å²) in [6, 6.07) is 1.88. The smallest absolute Gasteiger partial charge is 0.407 e. The zero-order valence-electron chi connectivity index (χ0n) is 19.1. The van der Waals surface area contributed by atoms with Crippen LogP contribution in [-0.4, -0.2) is 91.8 Å². The molecule has 0 aromatic carbocycles. The van der Waals surface area contributed by atoms with Gasteiger partial charge in [0.2, 0.25) is 0 Å². The van der Waals surface area contributed by atoms with E-state index < -0.39 is 6.09 Å². The summed E-state index contributed by atoms with van der Waals surface area (Å²) in [6.07, 6.45) is 4.84. The minimum Gasteiger partial charge on any atom is -0.465 e. The highest BCUT2D eigenvalue weighted by molar-refractivity contribution is 7.16. The van der Waals surface area contributed by atoms with Crippen molar-refractivity contribution >= 4 is 58.8 Å². The number of carboxylic acid groups (broad SMARTS) is 1. The third-order valence-electron chi connectivity index (χ3n) is 6.33. The van der Waals surface area contributed by atoms with E-state index >= 15 is 0 Å². The number of likely N-dealkylation sites (tertiary alicyclic amines) is 1. The minimum atomic E-state index is -0.946. The highest BCUT2D eigenvalue weighted by atomic mass is 35.5. The number of hydrogen-bond acceptors (Lipinski definition) is 8. The number of nitrogens with one attached hydrogen (secondary N) is 2. The van der Waals surface area contributed by atoms with Crippen molar-refractivity contribution in [3.05, 3.63) is 29.5 Å². The van der Waals surface area contributed by atoms with E-state index in [1.165, 1.54) is 4.90 Å². The van der Waals surface area contributed by atoms with Crippen molar-refractivity contribution in [1.82, 2.24) is 34.7 Å². The molecule has 3 N–H and O–H groups in total. The number of rotatable bonds is 5. The molecular weight excluding hydrogens is 515 g/mol. The number of carbonyl (C=O) groups excluding carboxylic acids is 1. The Kier molecular flexibility index (Phi) is 8.75. The molecule has 2 aliphatic rings. The fraction of sp³-hybridized carbons (Fsp3) is 0.476. The monoisotopic (exact) mass is 542 g/mol. The summed E-state index contributed by atoms with van der Waals surface area (Å²) >= 11 is 1.54. The number of aromatic nitrogens is 4. The molecule has 0 saturated carbocycles. The lowest BCUT2D eigenvalue weighted by Crippen LogP contribution is -2.47. The summed E-state index contributed by atoms with van der Waals surface area (Å²) < 4.78 is 1.77. The molecule has 5 rings (SSSR count). The molecule has 2 saturated heterocycles. The number of piperidine rings is 1. The molecule has 35 heavy (non-hydrogen) atoms. The number of fused-ring (bicyclic) bond motifs is 1. The molecule has 0 spiro atoms. The van der Waals surface area contributed by atoms with E-state index in [4.69, 9.17) is 4.98 Å². The van der Waals surface area contributed by atoms with E-state index in [1.54, 1.807) is 40.1 Å². The third kappa shape index (κ3) is 5.61. The molecular formula is C21H28Cl2N8O3S. The molecule has 190 valence electrons. The number of carbonyl (C=O) groups is 2. The van der Waals surface area contributed by atoms with Gasteiger partial charge in [-0.2, -0.15) is 5.10 Å². The van der Waals surface area contributed by atoms with Crippen molar-refractivity contribution < 1.29 is 14.7 Å². The van der Waals surface area contributed by atoms with Crippen LogP contribution in [0.3, 0.4) is 0 Å². The van der Waals surface area contributed by atoms with Crippen LogP contribution in [0.1, 0.15) is 29.8 Å². The normalized spacial score (nSPS) is 18.1. The minimum absolute atomic E-state index is 0. The van der Waals surface area contributed by atoms with Gasteiger partial charge in [-0.1, -0.05) is 0 Å². The number of thiazole rings is 1. The van der Waals surface area contributed by atoms with Crippen molar-refractivity contribution in [3.63, 3.8) is 0 Å². The van der Waals surface area contributed by atoms with Crippen LogP contribution in [0.15, 0.2) is 23.8 Å². The summed E-state index contributed by atoms with van der Waals surface area (Å²) in [7, 11) is 1.58. The molecule has 3 aromatic heterocycles. The molecule has 3 aromatic rings. The quantitative estimate of drug-likeness (QED) is 0.448. The van der Waals surface area contributed by atoms with E-state index in [2.05, 4.69) is 20.7 Å². The maximum Gasteiger partial charge on any atom is 0.407 e. The number of amides is 2. The van der Waals surface area contributed by atoms with Gasteiger partial charge >= 0.3 is 6.09 Å². The van der Waals surface area contributed by atoms with Crippen LogP contribution >= 0.6 is 36.2 Å². The van der Waals surface area contributed by atoms with Crippen LogP contribution in [0.4, 0.5) is 10.6 Å². The van der Waals surface area contributed by atoms with Gasteiger partial charge in [-0.3, -0.25) is 4.79 Å². The van der Waals surface area contributed by atoms with E-state index in [9.17, 15) is 14.7 Å². The van der Waals surface area contributed by atoms with Crippen LogP contribution in [0, 0.1) is 0 Å². The molecule has 0 unspecified atom stereocenters. The van der Waals surface area contributed by atoms with Gasteiger partial charge in [0.25, 0.3) is 5.91 Å². The first kappa shape index (κ1) is 26.9. The number of hydrogen-bond donors (Lipinski definition) is 3. The van der Waals surface area contributed by atoms with Crippen molar-refractivity contribution in [3.8, 4) is 11.4 Å². The molecule has 0 aliphatic carbocycles. The van der Waals surface area contributed by atoms with Gasteiger partial charge < -0.3 is 25.5 Å². The topological polar surface area (TPSA) is 128 Å². The summed E-state index contributed by atoms with van der Waals surface area (Å²) in [5.41, 5.74) is 1.11. The van der Waals surface area contributed by atoms with Gasteiger partial charge in [-0.05, 0) is 25.8 Å². The van der Waals surface area contributed by atoms with Crippen molar-refractivity contribution in [2.24, 2.45) is 0 Å². The fourth-order valence-electron chi connectivity index (χ4n) is 4.39. The lowest BCUT2D eigenvalue weighted by Gasteiger charge is -2.35. The number of halogens is 2. The fourth-order valence-corrected chi connectivity index (χ4v) is 5.19. The Bertz CT molecular complexity index is 1170. The van der Waals surface area contributed by atoms with Crippen LogP contribution in [-0.2, 0) is 0 Å². The summed E-state index contributed by atoms with van der Waals surface area (Å²) in [6.45, 7) is 2.76. The maximum absolute atomic E-state index is 13.4. The Morgan fingerprint density at radius 2 is 2.00 bits per heavy atom. The molecule has 2 fully saturated rings. The summed E-state index contributed by atoms with van der Waals surface area (Å²) in [4.78, 5) is 38.0. The van der Waals surface area contributed by atoms with Crippen LogP contribution in [0.25, 0.3) is 16.2 Å². The Morgan fingerprint density at radius 1 is 1.23 bits per heavy atom. The predicted octanol–water partition coefficient (Wildman–Crippen LogP) is 2.68. The second-order valence-corrected chi connectivity index (χ2v) is 9.32. The second kappa shape index (κ2) is 11.4. The zero-order chi connectivity index (χ0) is 22.9. The Morgan fingerprint density at radius 3 is 2.69 bits per heavy atom. The number of nitrogens with zero attached hydrogens (tertiary/aromatic N) is 6. The van der Waals surface area contributed by atoms with E-state index in [-0.39, 0.29) is 42.8 Å². The first-order valence-corrected chi connectivity index (χ1v) is 11.9. The third-order valence-corrected chi connectivity index (χ3v) is 7.22. The Labute approximate surface area is 218 Å². The maximum atomic E-state index is 13.4. The molecule has 5 heterocycles. The van der Waals surface area contributed by atoms with Crippen LogP contribution in [0.5, 0.6) is 0 Å². The molecule has 1 atom stereocenters. The second-order valence-electron chi connectivity index (χ2n) is 8.42. The van der Waals surface area contributed by atoms with Crippen molar-refractivity contribution in [2.45, 2.75) is 31.3 Å². The van der Waals surface area contributed by atoms with E-state index in [0.717, 1.165) is 29.9 Å². The highest BCUT2D eigenvalue weighted by Crippen LogP contribution is 2.27. The summed E-state index contributed by atoms with van der Waals surface area (Å²) in [5.74, 6) is 0.915. The van der Waals surface area contributed by atoms with E-state index in [1.807, 2.05) is 11.6 Å². The molecule has 0 bridgehead atoms. The van der Waals surface area contributed by atoms with Gasteiger partial charge in [-0.15, -0.1) is 36.2 Å². The average molecular weight is 543 g/mol. The van der Waals surface area contributed by atoms with Crippen LogP contribution < -0.4 is 10.6 Å². The van der Waals surface area contributed by atoms with Crippen molar-refractivity contribution in [1.29, 1.82) is 0 Å². The summed E-state index contributed by atoms with van der Waals surface area (Å²) in [5, 5.41) is 22.3. The largest absolute Gasteiger partial charge is 0.465 e. The molecule has 0 radical (unpaired) electrons. The lowest BCUT2D eigenvalue weighted by molar-refractivity contribution is 0.0638. The van der Waals surface area contributed by atoms with Gasteiger partial charge in [0.15, 0.2) is 5.82 Å². The van der Waals surface area contributed by atoms with Crippen molar-refractivity contribution in [2.75, 3.05) is 38.5 Å². The Hall–Kier alpha value is -2.67. The van der Waals surface area contributed by atoms with Gasteiger partial charge in [-0.25, -0.2) is 19.3 Å². The predicted molar refractivity (Wildman–Crippen MR) is 138 cm³/mol. The standard InChI is InChI=1S/C21H26N8O3S.2ClH/c1-27(21(31)32)14-3-6-28(7-4-14)19(30)16-10-17(24-13-2-5-22-11-13)26-18(25-16)15-12-23-29-8-9-33-20(15)29;;/h8-10,12-14,22H,2-7,11H2,1H3,(H,31,32)(H,24,25,26);2*1H/t13-;;/m1../s1. The lowest BCUT2D eigenvalue weighted by atomic mass is 10.0. The molecule has 14 heteroatoms. The first-order valence-electron chi connectivity index (χ1n) is 11.0. The van der Waals surface area contributed by atoms with Gasteiger partial charge in [0.1, 0.15) is 16.3 Å². The zero-order valence-corrected chi connectivity index (χ0v) is 21.5. The Balaban J connectivity index is 0.00000171. The number of anilines is 1. The molecule has 2 amide bonds. The van der Waals surface area contributed by atoms with Gasteiger partial charge in [0, 0.05) is 56.4 Å². The molecule has 2 aliphatic heterocycles. The molecule has 11 nitrogen and oxygen atoms in total. The highest BCUT2D eigenvalue weighted by Gasteiger charge is 2.29. The van der Waals surface area contributed by atoms with Crippen LogP contribution in [0.2, 0.25) is 0 Å². The SMILES string of the molecule is CN(C(=O)O)C1CCN(C(=O)c2cc(N[C@@H]3CCNC3)nc(-c3cnn4ccsc34)n2)CC1.Cl.Cl.